The van der Waals surface area contributed by atoms with Crippen LogP contribution < -0.4 is 4.90 Å². The molecule has 0 unspecified atom stereocenters. The normalized spacial score (nSPS) is 17.9. The highest BCUT2D eigenvalue weighted by Gasteiger charge is 2.39. The molecule has 0 amide bonds. The van der Waals surface area contributed by atoms with Gasteiger partial charge in [0.1, 0.15) is 0 Å². The third kappa shape index (κ3) is 2.99. The Balaban J connectivity index is 2.23. The molecular weight excluding hydrogens is 302 g/mol. The van der Waals surface area contributed by atoms with Crippen molar-refractivity contribution in [2.45, 2.75) is 72.1 Å². The van der Waals surface area contributed by atoms with E-state index in [0.29, 0.717) is 0 Å². The van der Waals surface area contributed by atoms with Gasteiger partial charge in [0, 0.05) is 18.4 Å². The number of aryl methyl sites for hydroxylation is 2. The van der Waals surface area contributed by atoms with E-state index in [1.165, 1.54) is 52.0 Å². The summed E-state index contributed by atoms with van der Waals surface area (Å²) in [4.78, 5) is 2.41. The predicted molar refractivity (Wildman–Crippen MR) is 110 cm³/mol. The first-order chi connectivity index (χ1) is 11.5. The molecule has 0 N–H and O–H groups in total. The molecule has 1 heteroatoms. The van der Waals surface area contributed by atoms with Gasteiger partial charge in [-0.3, -0.25) is 0 Å². The second kappa shape index (κ2) is 5.90. The second-order valence-corrected chi connectivity index (χ2v) is 9.25. The average Bonchev–Trinajstić information content (AvgIpc) is 2.54. The van der Waals surface area contributed by atoms with E-state index in [4.69, 9.17) is 0 Å². The molecular formula is C24H33N. The van der Waals surface area contributed by atoms with E-state index in [1.807, 2.05) is 0 Å². The van der Waals surface area contributed by atoms with Gasteiger partial charge in [-0.05, 0) is 84.4 Å². The molecule has 0 aromatic heterocycles. The van der Waals surface area contributed by atoms with Gasteiger partial charge in [-0.2, -0.15) is 0 Å². The monoisotopic (exact) mass is 335 g/mol. The Hall–Kier alpha value is -1.76. The number of fused-ring (bicyclic) bond motifs is 1. The summed E-state index contributed by atoms with van der Waals surface area (Å²) < 4.78 is 0. The van der Waals surface area contributed by atoms with Gasteiger partial charge in [0.05, 0.1) is 0 Å². The molecule has 0 saturated heterocycles. The first-order valence-electron chi connectivity index (χ1n) is 9.50. The third-order valence-electron chi connectivity index (χ3n) is 6.33. The molecule has 2 aromatic carbocycles. The van der Waals surface area contributed by atoms with Crippen molar-refractivity contribution in [2.24, 2.45) is 0 Å². The molecule has 1 aliphatic carbocycles. The SMILES string of the molecule is Cc1cc(C)c(C)c(N(C)c2cccc3c2C(C)(C)CCC3(C)C)c1. The molecule has 25 heavy (non-hydrogen) atoms. The van der Waals surface area contributed by atoms with Crippen LogP contribution in [0.2, 0.25) is 0 Å². The first kappa shape index (κ1) is 18.0. The molecule has 0 heterocycles. The maximum atomic E-state index is 2.41. The number of hydrogen-bond acceptors (Lipinski definition) is 1. The Morgan fingerprint density at radius 3 is 2.16 bits per heavy atom. The van der Waals surface area contributed by atoms with Crippen molar-refractivity contribution < 1.29 is 0 Å². The molecule has 134 valence electrons. The van der Waals surface area contributed by atoms with E-state index in [-0.39, 0.29) is 10.8 Å². The molecule has 1 nitrogen and oxygen atoms in total. The summed E-state index contributed by atoms with van der Waals surface area (Å²) in [6, 6.07) is 11.5. The standard InChI is InChI=1S/C24H33N/c1-16-14-17(2)18(3)21(15-16)25(8)20-11-9-10-19-22(20)24(6,7)13-12-23(19,4)5/h9-11,14-15H,12-13H2,1-8H3. The fourth-order valence-electron chi connectivity index (χ4n) is 4.48. The van der Waals surface area contributed by atoms with E-state index in [2.05, 4.69) is 90.7 Å². The number of nitrogens with zero attached hydrogens (tertiary/aromatic N) is 1. The molecule has 3 rings (SSSR count). The zero-order valence-corrected chi connectivity index (χ0v) is 17.2. The van der Waals surface area contributed by atoms with Crippen molar-refractivity contribution in [1.29, 1.82) is 0 Å². The van der Waals surface area contributed by atoms with Crippen LogP contribution in [0.3, 0.4) is 0 Å². The lowest BCUT2D eigenvalue weighted by atomic mass is 9.62. The Bertz CT molecular complexity index is 811. The van der Waals surface area contributed by atoms with E-state index >= 15 is 0 Å². The Labute approximate surface area is 154 Å². The highest BCUT2D eigenvalue weighted by molar-refractivity contribution is 5.73. The van der Waals surface area contributed by atoms with Gasteiger partial charge in [0.15, 0.2) is 0 Å². The number of hydrogen-bond donors (Lipinski definition) is 0. The van der Waals surface area contributed by atoms with Crippen molar-refractivity contribution in [2.75, 3.05) is 11.9 Å². The van der Waals surface area contributed by atoms with Gasteiger partial charge < -0.3 is 4.90 Å². The molecule has 0 saturated carbocycles. The summed E-state index contributed by atoms with van der Waals surface area (Å²) in [5.74, 6) is 0. The topological polar surface area (TPSA) is 3.24 Å². The fraction of sp³-hybridized carbons (Fsp3) is 0.500. The van der Waals surface area contributed by atoms with Gasteiger partial charge in [-0.25, -0.2) is 0 Å². The van der Waals surface area contributed by atoms with E-state index in [9.17, 15) is 0 Å². The van der Waals surface area contributed by atoms with Crippen molar-refractivity contribution in [3.05, 3.63) is 58.1 Å². The molecule has 0 bridgehead atoms. The first-order valence-corrected chi connectivity index (χ1v) is 9.50. The minimum Gasteiger partial charge on any atom is -0.344 e. The number of benzene rings is 2. The van der Waals surface area contributed by atoms with Crippen LogP contribution in [0.1, 0.15) is 68.4 Å². The quantitative estimate of drug-likeness (QED) is 0.588. The molecule has 2 aromatic rings. The van der Waals surface area contributed by atoms with Crippen molar-refractivity contribution in [3.63, 3.8) is 0 Å². The maximum absolute atomic E-state index is 2.41. The Morgan fingerprint density at radius 1 is 0.840 bits per heavy atom. The Kier molecular flexibility index (Phi) is 4.26. The van der Waals surface area contributed by atoms with Crippen LogP contribution in [0.5, 0.6) is 0 Å². The average molecular weight is 336 g/mol. The molecule has 0 fully saturated rings. The van der Waals surface area contributed by atoms with E-state index in [1.54, 1.807) is 0 Å². The van der Waals surface area contributed by atoms with Crippen molar-refractivity contribution in [3.8, 4) is 0 Å². The number of rotatable bonds is 2. The smallest absolute Gasteiger partial charge is 0.0449 e. The van der Waals surface area contributed by atoms with Crippen LogP contribution in [-0.2, 0) is 10.8 Å². The molecule has 0 aliphatic heterocycles. The zero-order valence-electron chi connectivity index (χ0n) is 17.2. The molecule has 0 radical (unpaired) electrons. The molecule has 1 aliphatic rings. The minimum absolute atomic E-state index is 0.211. The maximum Gasteiger partial charge on any atom is 0.0449 e. The lowest BCUT2D eigenvalue weighted by Crippen LogP contribution is -2.35. The lowest BCUT2D eigenvalue weighted by Gasteiger charge is -2.44. The summed E-state index contributed by atoms with van der Waals surface area (Å²) in [5.41, 5.74) is 10.3. The van der Waals surface area contributed by atoms with Gasteiger partial charge in [0.2, 0.25) is 0 Å². The van der Waals surface area contributed by atoms with Crippen LogP contribution in [0.15, 0.2) is 30.3 Å². The summed E-state index contributed by atoms with van der Waals surface area (Å²) in [6.07, 6.45) is 2.49. The Morgan fingerprint density at radius 2 is 1.48 bits per heavy atom. The zero-order chi connectivity index (χ0) is 18.6. The van der Waals surface area contributed by atoms with Gasteiger partial charge in [-0.15, -0.1) is 0 Å². The van der Waals surface area contributed by atoms with Crippen LogP contribution in [0.4, 0.5) is 11.4 Å². The van der Waals surface area contributed by atoms with Crippen LogP contribution in [0, 0.1) is 20.8 Å². The third-order valence-corrected chi connectivity index (χ3v) is 6.33. The molecule has 0 spiro atoms. The van der Waals surface area contributed by atoms with Gasteiger partial charge in [0.25, 0.3) is 0 Å². The van der Waals surface area contributed by atoms with E-state index < -0.39 is 0 Å². The van der Waals surface area contributed by atoms with Crippen LogP contribution >= 0.6 is 0 Å². The van der Waals surface area contributed by atoms with E-state index in [0.717, 1.165) is 0 Å². The summed E-state index contributed by atoms with van der Waals surface area (Å²) in [5, 5.41) is 0. The predicted octanol–water partition coefficient (Wildman–Crippen LogP) is 6.73. The van der Waals surface area contributed by atoms with Crippen LogP contribution in [-0.4, -0.2) is 7.05 Å². The summed E-state index contributed by atoms with van der Waals surface area (Å²) >= 11 is 0. The highest BCUT2D eigenvalue weighted by Crippen LogP contribution is 2.50. The van der Waals surface area contributed by atoms with Crippen LogP contribution in [0.25, 0.3) is 0 Å². The highest BCUT2D eigenvalue weighted by atomic mass is 15.1. The van der Waals surface area contributed by atoms with Crippen molar-refractivity contribution in [1.82, 2.24) is 0 Å². The summed E-state index contributed by atoms with van der Waals surface area (Å²) in [6.45, 7) is 16.3. The van der Waals surface area contributed by atoms with Gasteiger partial charge >= 0.3 is 0 Å². The second-order valence-electron chi connectivity index (χ2n) is 9.25. The van der Waals surface area contributed by atoms with Gasteiger partial charge in [-0.1, -0.05) is 45.9 Å². The number of anilines is 2. The minimum atomic E-state index is 0.211. The summed E-state index contributed by atoms with van der Waals surface area (Å²) in [7, 11) is 2.23. The fourth-order valence-corrected chi connectivity index (χ4v) is 4.48. The lowest BCUT2D eigenvalue weighted by molar-refractivity contribution is 0.332. The molecule has 0 atom stereocenters. The van der Waals surface area contributed by atoms with Crippen molar-refractivity contribution >= 4 is 11.4 Å². The largest absolute Gasteiger partial charge is 0.344 e.